The van der Waals surface area contributed by atoms with Gasteiger partial charge in [-0.25, -0.2) is 29.9 Å². The van der Waals surface area contributed by atoms with Gasteiger partial charge in [-0.3, -0.25) is 52.1 Å². The van der Waals surface area contributed by atoms with Gasteiger partial charge in [-0.05, 0) is 136 Å². The van der Waals surface area contributed by atoms with Crippen LogP contribution >= 0.6 is 15.9 Å². The number of amides is 2. The predicted molar refractivity (Wildman–Crippen MR) is 337 cm³/mol. The normalized spacial score (nSPS) is 18.3. The summed E-state index contributed by atoms with van der Waals surface area (Å²) in [5.41, 5.74) is 14.8. The first kappa shape index (κ1) is 68.2. The number of nitrogens with zero attached hydrogens (tertiary/aromatic N) is 9. The largest absolute Gasteiger partial charge is 1.00 e. The number of carbonyl (C=O) groups excluding carboxylic acids is 5. The Morgan fingerprint density at radius 2 is 0.787 bits per heavy atom. The molecule has 0 unspecified atom stereocenters. The van der Waals surface area contributed by atoms with Crippen LogP contribution in [0.25, 0.3) is 0 Å². The number of rotatable bonds is 8. The predicted octanol–water partition coefficient (Wildman–Crippen LogP) is 6.84. The molecule has 89 heavy (non-hydrogen) atoms. The molecule has 0 atom stereocenters. The summed E-state index contributed by atoms with van der Waals surface area (Å²) < 4.78 is 5.89. The molecule has 9 heterocycles. The molecule has 5 saturated carbocycles. The summed E-state index contributed by atoms with van der Waals surface area (Å²) in [6, 6.07) is 9.96. The van der Waals surface area contributed by atoms with E-state index >= 15 is 0 Å². The number of ketones is 3. The number of pyridine rings is 3. The van der Waals surface area contributed by atoms with E-state index in [0.717, 1.165) is 132 Å². The van der Waals surface area contributed by atoms with Gasteiger partial charge < -0.3 is 38.2 Å². The molecule has 9 N–H and O–H groups in total. The molecular formula is C63H77BrKN15O9. The number of hydrogen-bond acceptors (Lipinski definition) is 19. The van der Waals surface area contributed by atoms with Crippen molar-refractivity contribution in [1.82, 2.24) is 43.6 Å². The second-order valence-electron chi connectivity index (χ2n) is 24.5. The SMILES string of the molecule is C.Cc1cc(Br)c(=O)n2c1C(=O)CC21CCCCC1.Cc1cc(Nc2cc(N)ncn2)c(=O)n2c1C(=O)CC21CCCCC1.Cc1cc(Nc2cc(NC(=O)C3CC3)ncn2)c(=O)n2c1C(=O)CC21CCCCC1.Nc1cc(NC(=O)C2CC2)ncn1.[K+].[OH-]. The third-order valence-electron chi connectivity index (χ3n) is 18.1. The maximum absolute atomic E-state index is 13.4. The van der Waals surface area contributed by atoms with Crippen molar-refractivity contribution in [2.24, 2.45) is 11.8 Å². The van der Waals surface area contributed by atoms with Crippen LogP contribution in [0, 0.1) is 32.6 Å². The summed E-state index contributed by atoms with van der Waals surface area (Å²) in [6.45, 7) is 5.66. The van der Waals surface area contributed by atoms with Crippen LogP contribution in [0.4, 0.5) is 46.3 Å². The van der Waals surface area contributed by atoms with E-state index in [1.807, 2.05) is 20.8 Å². The van der Waals surface area contributed by atoms with Crippen LogP contribution in [0.15, 0.2) is 74.2 Å². The van der Waals surface area contributed by atoms with E-state index < -0.39 is 0 Å². The molecule has 6 aromatic rings. The van der Waals surface area contributed by atoms with E-state index in [1.165, 1.54) is 25.4 Å². The van der Waals surface area contributed by atoms with Gasteiger partial charge in [0.25, 0.3) is 16.7 Å². The minimum Gasteiger partial charge on any atom is -0.870 e. The van der Waals surface area contributed by atoms with Gasteiger partial charge in [-0.15, -0.1) is 0 Å². The van der Waals surface area contributed by atoms with Gasteiger partial charge in [0.15, 0.2) is 17.3 Å². The third-order valence-corrected chi connectivity index (χ3v) is 18.7. The second-order valence-corrected chi connectivity index (χ2v) is 25.4. The van der Waals surface area contributed by atoms with Crippen molar-refractivity contribution in [3.8, 4) is 0 Å². The number of halogens is 1. The van der Waals surface area contributed by atoms with Crippen molar-refractivity contribution < 1.29 is 80.8 Å². The molecule has 14 rings (SSSR count). The summed E-state index contributed by atoms with van der Waals surface area (Å²) in [6.07, 6.45) is 24.5. The Morgan fingerprint density at radius 3 is 1.16 bits per heavy atom. The first-order valence-corrected chi connectivity index (χ1v) is 30.8. The zero-order chi connectivity index (χ0) is 60.7. The standard InChI is InChI=1S/C22H25N5O3.C18H21N5O2.C14H16BrNO2.C8H10N4O.CH4.K.H2O/c1-13-9-15(25-17-10-18(24-12-23-17)26-20(29)14-5-6-14)21(30)27-19(13)16(28)11-22(27)7-3-2-4-8-22;1-11-7-12(22-15-8-14(19)20-10-21-15)17(25)23-16(11)13(24)9-18(23)5-3-2-4-6-18;1-9-7-10(15)13(18)16-12(9)11(17)8-14(16)5-3-2-4-6-14;9-6-3-7(11-4-10-6)12-8(13)5-1-2-5;;;/h9-10,12,14H,2-8,11H2,1H3,(H2,23,24,25,26,29);7-8,10H,2-6,9H2,1H3,(H3,19,20,21,22);7H,2-6,8H2,1H3;3-5H,1-2H2,(H3,9,10,11,12,13);1H4;;1H2/q;;;;;+1;/p-1. The fraction of sp³-hybridized carbons (Fsp3) is 0.492. The van der Waals surface area contributed by atoms with Crippen LogP contribution in [-0.4, -0.2) is 78.2 Å². The Morgan fingerprint density at radius 1 is 0.472 bits per heavy atom. The smallest absolute Gasteiger partial charge is 0.870 e. The van der Waals surface area contributed by atoms with E-state index in [9.17, 15) is 38.4 Å². The number of aromatic nitrogens is 9. The van der Waals surface area contributed by atoms with Gasteiger partial charge in [-0.2, -0.15) is 0 Å². The van der Waals surface area contributed by atoms with E-state index in [2.05, 4.69) is 67.1 Å². The Balaban J connectivity index is 0.000000158. The van der Waals surface area contributed by atoms with Crippen LogP contribution in [0.1, 0.15) is 197 Å². The van der Waals surface area contributed by atoms with Crippen molar-refractivity contribution >= 4 is 91.4 Å². The molecule has 6 aromatic heterocycles. The summed E-state index contributed by atoms with van der Waals surface area (Å²) >= 11 is 3.32. The fourth-order valence-electron chi connectivity index (χ4n) is 13.8. The molecule has 3 spiro atoms. The summed E-state index contributed by atoms with van der Waals surface area (Å²) in [5, 5.41) is 11.6. The molecule has 26 heteroatoms. The Labute approximate surface area is 566 Å². The van der Waals surface area contributed by atoms with E-state index in [-0.39, 0.29) is 139 Å². The zero-order valence-corrected chi connectivity index (χ0v) is 54.9. The average molecular weight is 1310 g/mol. The Kier molecular flexibility index (Phi) is 21.6. The molecule has 5 aliphatic carbocycles. The maximum atomic E-state index is 13.4. The topological polar surface area (TPSA) is 359 Å². The second kappa shape index (κ2) is 28.2. The molecule has 2 amide bonds. The maximum Gasteiger partial charge on any atom is 1.00 e. The van der Waals surface area contributed by atoms with E-state index in [1.54, 1.807) is 50.1 Å². The molecule has 0 bridgehead atoms. The molecular weight excluding hydrogens is 1230 g/mol. The van der Waals surface area contributed by atoms with Crippen molar-refractivity contribution in [2.75, 3.05) is 32.7 Å². The Hall–Kier alpha value is -6.68. The molecule has 0 aromatic carbocycles. The van der Waals surface area contributed by atoms with Crippen LogP contribution in [0.5, 0.6) is 0 Å². The molecule has 8 aliphatic rings. The first-order valence-electron chi connectivity index (χ1n) is 30.0. The summed E-state index contributed by atoms with van der Waals surface area (Å²) in [5.74, 6) is 2.98. The van der Waals surface area contributed by atoms with E-state index in [4.69, 9.17) is 11.5 Å². The molecule has 466 valence electrons. The van der Waals surface area contributed by atoms with Crippen molar-refractivity contribution in [2.45, 2.75) is 186 Å². The number of fused-ring (bicyclic) bond motifs is 6. The van der Waals surface area contributed by atoms with Gasteiger partial charge in [0.05, 0.1) is 38.2 Å². The monoisotopic (exact) mass is 1310 g/mol. The first-order chi connectivity index (χ1) is 41.3. The molecule has 24 nitrogen and oxygen atoms in total. The van der Waals surface area contributed by atoms with Crippen molar-refractivity contribution in [3.63, 3.8) is 0 Å². The number of carbonyl (C=O) groups is 5. The van der Waals surface area contributed by atoms with Gasteiger partial charge in [0, 0.05) is 49.3 Å². The van der Waals surface area contributed by atoms with Gasteiger partial charge in [0.2, 0.25) is 11.8 Å². The average Bonchev–Trinajstić information content (AvgIpc) is 1.64. The molecule has 3 aliphatic heterocycles. The molecule has 5 fully saturated rings. The summed E-state index contributed by atoms with van der Waals surface area (Å²) in [7, 11) is 0. The third kappa shape index (κ3) is 14.4. The number of anilines is 8. The molecule has 0 radical (unpaired) electrons. The van der Waals surface area contributed by atoms with Crippen LogP contribution in [0.3, 0.4) is 0 Å². The molecule has 0 saturated heterocycles. The van der Waals surface area contributed by atoms with E-state index in [0.29, 0.717) is 87.1 Å². The summed E-state index contributed by atoms with van der Waals surface area (Å²) in [4.78, 5) is 124. The minimum atomic E-state index is -0.390. The number of nitrogens with two attached hydrogens (primary N) is 2. The number of hydrogen-bond donors (Lipinski definition) is 6. The van der Waals surface area contributed by atoms with Crippen LogP contribution in [0.2, 0.25) is 0 Å². The van der Waals surface area contributed by atoms with Crippen molar-refractivity contribution in [3.05, 3.63) is 125 Å². The van der Waals surface area contributed by atoms with Gasteiger partial charge >= 0.3 is 51.4 Å². The Bertz CT molecular complexity index is 3900. The minimum absolute atomic E-state index is 0. The number of Topliss-reactive ketones (excluding diaryl/α,β-unsaturated/α-hetero) is 3. The van der Waals surface area contributed by atoms with Gasteiger partial charge in [-0.1, -0.05) is 65.2 Å². The van der Waals surface area contributed by atoms with Crippen LogP contribution in [-0.2, 0) is 26.2 Å². The number of nitrogens with one attached hydrogen (secondary N) is 4. The quantitative estimate of drug-likeness (QED) is 0.0849. The van der Waals surface area contributed by atoms with Crippen molar-refractivity contribution in [1.29, 1.82) is 0 Å². The zero-order valence-electron chi connectivity index (χ0n) is 50.2. The van der Waals surface area contributed by atoms with Crippen LogP contribution < -0.4 is 101 Å². The fourth-order valence-corrected chi connectivity index (χ4v) is 14.3. The van der Waals surface area contributed by atoms with Gasteiger partial charge in [0.1, 0.15) is 65.3 Å². The number of aryl methyl sites for hydroxylation is 3. The number of nitrogen functional groups attached to an aromatic ring is 2.